The van der Waals surface area contributed by atoms with Crippen molar-refractivity contribution < 1.29 is 26.4 Å². The number of carbonyl (C=O) groups excluding carboxylic acids is 2. The molecule has 0 aliphatic heterocycles. The first-order chi connectivity index (χ1) is 5.98. The van der Waals surface area contributed by atoms with E-state index in [1.165, 1.54) is 0 Å². The minimum atomic E-state index is -4.75. The van der Waals surface area contributed by atoms with Crippen LogP contribution >= 0.6 is 0 Å². The zero-order valence-corrected chi connectivity index (χ0v) is 8.63. The van der Waals surface area contributed by atoms with Gasteiger partial charge in [0.25, 0.3) is 4.58 Å². The van der Waals surface area contributed by atoms with Crippen molar-refractivity contribution in [3.63, 3.8) is 0 Å². The smallest absolute Gasteiger partial charge is 0.255 e. The number of rotatable bonds is 4. The Labute approximate surface area is 80.4 Å². The average Bonchev–Trinajstić information content (AvgIpc) is 1.79. The van der Waals surface area contributed by atoms with E-state index in [0.717, 1.165) is 0 Å². The van der Waals surface area contributed by atoms with Crippen molar-refractivity contribution in [3.8, 4) is 0 Å². The van der Waals surface area contributed by atoms with E-state index in [0.29, 0.717) is 6.92 Å². The van der Waals surface area contributed by atoms with E-state index in [4.69, 9.17) is 0 Å². The molecule has 0 aromatic rings. The summed E-state index contributed by atoms with van der Waals surface area (Å²) < 4.78 is 40.0. The van der Waals surface area contributed by atoms with Crippen molar-refractivity contribution in [2.45, 2.75) is 11.5 Å². The van der Waals surface area contributed by atoms with Gasteiger partial charge >= 0.3 is 0 Å². The minimum Gasteiger partial charge on any atom is -0.291 e. The third-order valence-electron chi connectivity index (χ3n) is 1.16. The number of ketones is 2. The number of nitrogens with two attached hydrogens (primary N) is 2. The van der Waals surface area contributed by atoms with Crippen molar-refractivity contribution in [1.82, 2.24) is 0 Å². The lowest BCUT2D eigenvalue weighted by atomic mass is 10.3. The summed E-state index contributed by atoms with van der Waals surface area (Å²) in [6.07, 6.45) is 0. The molecule has 0 fully saturated rings. The van der Waals surface area contributed by atoms with Gasteiger partial charge in [-0.3, -0.25) is 9.59 Å². The maximum atomic E-state index is 10.9. The molecule has 0 unspecified atom stereocenters. The Bertz CT molecular complexity index is 428. The largest absolute Gasteiger partial charge is 0.291 e. The number of hydrogen-bond acceptors (Lipinski definition) is 6. The quantitative estimate of drug-likeness (QED) is 0.503. The highest BCUT2D eigenvalue weighted by Gasteiger charge is 2.41. The van der Waals surface area contributed by atoms with E-state index >= 15 is 0 Å². The summed E-state index contributed by atoms with van der Waals surface area (Å²) in [5.74, 6) is -2.92. The van der Waals surface area contributed by atoms with Crippen LogP contribution in [0.3, 0.4) is 0 Å². The molecule has 0 bridgehead atoms. The van der Waals surface area contributed by atoms with Crippen LogP contribution in [0.5, 0.6) is 0 Å². The molecular weight excluding hydrogens is 236 g/mol. The molecule has 0 aliphatic rings. The normalized spacial score (nSPS) is 12.9. The molecule has 0 saturated carbocycles. The minimum absolute atomic E-state index is 0.714. The number of Topliss-reactive ketones (excluding diaryl/α,β-unsaturated/α-hetero) is 2. The monoisotopic (exact) mass is 244 g/mol. The van der Waals surface area contributed by atoms with Crippen molar-refractivity contribution in [2.75, 3.05) is 0 Å². The first kappa shape index (κ1) is 13.2. The maximum Gasteiger partial charge on any atom is 0.255 e. The lowest BCUT2D eigenvalue weighted by molar-refractivity contribution is -0.134. The molecule has 0 aromatic heterocycles. The van der Waals surface area contributed by atoms with Gasteiger partial charge in [0.2, 0.25) is 25.8 Å². The first-order valence-corrected chi connectivity index (χ1v) is 6.28. The van der Waals surface area contributed by atoms with Gasteiger partial charge in [-0.1, -0.05) is 0 Å². The first-order valence-electron chi connectivity index (χ1n) is 3.06. The van der Waals surface area contributed by atoms with Gasteiger partial charge in [0.15, 0.2) is 5.78 Å². The second-order valence-corrected chi connectivity index (χ2v) is 6.03. The van der Waals surface area contributed by atoms with Gasteiger partial charge in [0.1, 0.15) is 0 Å². The SMILES string of the molecule is CC(=O)C(=O)C(S(N)(=O)=O)S(N)(=O)=O. The van der Waals surface area contributed by atoms with Crippen LogP contribution in [0.25, 0.3) is 0 Å². The molecule has 0 rings (SSSR count). The summed E-state index contributed by atoms with van der Waals surface area (Å²) in [6, 6.07) is 0. The molecule has 82 valence electrons. The van der Waals surface area contributed by atoms with Crippen LogP contribution in [0, 0.1) is 0 Å². The predicted octanol–water partition coefficient (Wildman–Crippen LogP) is -2.95. The Morgan fingerprint density at radius 3 is 1.36 bits per heavy atom. The molecule has 4 N–H and O–H groups in total. The molecular formula is C4H8N2O6S2. The fraction of sp³-hybridized carbons (Fsp3) is 0.500. The lowest BCUT2D eigenvalue weighted by Gasteiger charge is -2.08. The lowest BCUT2D eigenvalue weighted by Crippen LogP contribution is -2.47. The van der Waals surface area contributed by atoms with Crippen molar-refractivity contribution in [1.29, 1.82) is 0 Å². The number of carbonyl (C=O) groups is 2. The maximum absolute atomic E-state index is 10.9. The molecule has 0 heterocycles. The van der Waals surface area contributed by atoms with E-state index in [2.05, 4.69) is 10.3 Å². The molecule has 10 heteroatoms. The van der Waals surface area contributed by atoms with E-state index in [9.17, 15) is 26.4 Å². The summed E-state index contributed by atoms with van der Waals surface area (Å²) in [7, 11) is -9.50. The van der Waals surface area contributed by atoms with E-state index < -0.39 is 36.2 Å². The standard InChI is InChI=1S/C4H8N2O6S2/c1-2(7)3(8)4(13(5,9)10)14(6,11)12/h4H,1H3,(H2,5,9,10)(H2,6,11,12). The fourth-order valence-corrected chi connectivity index (χ4v) is 3.08. The van der Waals surface area contributed by atoms with Gasteiger partial charge in [-0.25, -0.2) is 27.1 Å². The number of primary sulfonamides is 2. The van der Waals surface area contributed by atoms with E-state index in [1.54, 1.807) is 0 Å². The molecule has 0 aliphatic carbocycles. The summed E-state index contributed by atoms with van der Waals surface area (Å²) >= 11 is 0. The van der Waals surface area contributed by atoms with Gasteiger partial charge in [-0.15, -0.1) is 0 Å². The van der Waals surface area contributed by atoms with Crippen LogP contribution in [0.4, 0.5) is 0 Å². The van der Waals surface area contributed by atoms with Crippen molar-refractivity contribution in [2.24, 2.45) is 10.3 Å². The van der Waals surface area contributed by atoms with Gasteiger partial charge in [0, 0.05) is 6.92 Å². The highest BCUT2D eigenvalue weighted by molar-refractivity contribution is 8.08. The van der Waals surface area contributed by atoms with Gasteiger partial charge < -0.3 is 0 Å². The second-order valence-electron chi connectivity index (χ2n) is 2.43. The Morgan fingerprint density at radius 1 is 1.00 bits per heavy atom. The molecule has 14 heavy (non-hydrogen) atoms. The summed E-state index contributed by atoms with van der Waals surface area (Å²) in [4.78, 5) is 21.4. The Balaban J connectivity index is 5.62. The van der Waals surface area contributed by atoms with Crippen LogP contribution in [0.2, 0.25) is 0 Å². The highest BCUT2D eigenvalue weighted by Crippen LogP contribution is 2.04. The van der Waals surface area contributed by atoms with Gasteiger partial charge in [-0.05, 0) is 0 Å². The topological polar surface area (TPSA) is 154 Å². The third kappa shape index (κ3) is 3.14. The fourth-order valence-electron chi connectivity index (χ4n) is 0.651. The molecule has 0 amide bonds. The van der Waals surface area contributed by atoms with Gasteiger partial charge in [-0.2, -0.15) is 0 Å². The zero-order valence-electron chi connectivity index (χ0n) is 7.00. The Kier molecular flexibility index (Phi) is 3.50. The number of hydrogen-bond donors (Lipinski definition) is 2. The Hall–Kier alpha value is -0.840. The number of sulfonamides is 2. The van der Waals surface area contributed by atoms with Crippen molar-refractivity contribution in [3.05, 3.63) is 0 Å². The van der Waals surface area contributed by atoms with Crippen LogP contribution in [0.15, 0.2) is 0 Å². The van der Waals surface area contributed by atoms with E-state index in [-0.39, 0.29) is 0 Å². The zero-order chi connectivity index (χ0) is 11.7. The summed E-state index contributed by atoms with van der Waals surface area (Å²) in [5.41, 5.74) is 0. The summed E-state index contributed by atoms with van der Waals surface area (Å²) in [6.45, 7) is 0.714. The summed E-state index contributed by atoms with van der Waals surface area (Å²) in [5, 5.41) is 8.89. The molecule has 8 nitrogen and oxygen atoms in total. The second kappa shape index (κ2) is 3.73. The highest BCUT2D eigenvalue weighted by atomic mass is 32.3. The predicted molar refractivity (Wildman–Crippen MR) is 45.7 cm³/mol. The average molecular weight is 244 g/mol. The van der Waals surface area contributed by atoms with E-state index in [1.807, 2.05) is 0 Å². The van der Waals surface area contributed by atoms with Crippen LogP contribution in [-0.4, -0.2) is 33.0 Å². The van der Waals surface area contributed by atoms with Crippen molar-refractivity contribution >= 4 is 31.6 Å². The van der Waals surface area contributed by atoms with Crippen LogP contribution < -0.4 is 10.3 Å². The van der Waals surface area contributed by atoms with Crippen LogP contribution in [0.1, 0.15) is 6.92 Å². The molecule has 0 spiro atoms. The molecule has 0 radical (unpaired) electrons. The van der Waals surface area contributed by atoms with Crippen LogP contribution in [-0.2, 0) is 29.6 Å². The third-order valence-corrected chi connectivity index (χ3v) is 4.39. The Morgan fingerprint density at radius 2 is 1.29 bits per heavy atom. The molecule has 0 saturated heterocycles. The van der Waals surface area contributed by atoms with Gasteiger partial charge in [0.05, 0.1) is 0 Å². The molecule has 0 atom stereocenters. The molecule has 0 aromatic carbocycles.